The summed E-state index contributed by atoms with van der Waals surface area (Å²) in [7, 11) is 0. The molecule has 2 aliphatic heterocycles. The van der Waals surface area contributed by atoms with Gasteiger partial charge >= 0.3 is 0 Å². The summed E-state index contributed by atoms with van der Waals surface area (Å²) < 4.78 is 1.11. The molecule has 3 nitrogen and oxygen atoms in total. The first kappa shape index (κ1) is 14.7. The van der Waals surface area contributed by atoms with Crippen LogP contribution in [0.3, 0.4) is 0 Å². The molecule has 0 spiro atoms. The number of nitrogens with one attached hydrogen (secondary N) is 1. The van der Waals surface area contributed by atoms with Gasteiger partial charge in [-0.15, -0.1) is 0 Å². The van der Waals surface area contributed by atoms with E-state index >= 15 is 0 Å². The van der Waals surface area contributed by atoms with Gasteiger partial charge in [-0.25, -0.2) is 0 Å². The van der Waals surface area contributed by atoms with Crippen molar-refractivity contribution in [2.75, 3.05) is 26.2 Å². The zero-order chi connectivity index (χ0) is 15.1. The lowest BCUT2D eigenvalue weighted by Gasteiger charge is -2.21. The Kier molecular flexibility index (Phi) is 3.99. The SMILES string of the molecule is O=C(C1CC1c1cccc(Br)c1)N1CC[C@@H]2CNC[C@@H]2CC1. The highest BCUT2D eigenvalue weighted by Crippen LogP contribution is 2.49. The van der Waals surface area contributed by atoms with Crippen LogP contribution in [0.25, 0.3) is 0 Å². The predicted octanol–water partition coefficient (Wildman–Crippen LogP) is 3.01. The first-order valence-electron chi connectivity index (χ1n) is 8.47. The van der Waals surface area contributed by atoms with Gasteiger partial charge in [0.25, 0.3) is 0 Å². The molecule has 0 radical (unpaired) electrons. The van der Waals surface area contributed by atoms with Crippen LogP contribution in [0.5, 0.6) is 0 Å². The van der Waals surface area contributed by atoms with Crippen LogP contribution in [0.1, 0.15) is 30.7 Å². The lowest BCUT2D eigenvalue weighted by molar-refractivity contribution is -0.132. The Labute approximate surface area is 140 Å². The molecule has 1 aliphatic carbocycles. The molecule has 1 amide bonds. The summed E-state index contributed by atoms with van der Waals surface area (Å²) in [5.41, 5.74) is 1.31. The van der Waals surface area contributed by atoms with Gasteiger partial charge in [0.1, 0.15) is 0 Å². The topological polar surface area (TPSA) is 32.3 Å². The Hall–Kier alpha value is -0.870. The molecule has 3 fully saturated rings. The Bertz CT molecular complexity index is 562. The fourth-order valence-electron chi connectivity index (χ4n) is 4.25. The van der Waals surface area contributed by atoms with Crippen molar-refractivity contribution in [3.63, 3.8) is 0 Å². The maximum atomic E-state index is 12.8. The number of halogens is 1. The highest BCUT2D eigenvalue weighted by Gasteiger charge is 2.46. The first-order chi connectivity index (χ1) is 10.7. The molecule has 0 aromatic heterocycles. The average molecular weight is 363 g/mol. The minimum absolute atomic E-state index is 0.227. The maximum Gasteiger partial charge on any atom is 0.226 e. The van der Waals surface area contributed by atoms with Crippen molar-refractivity contribution in [2.24, 2.45) is 17.8 Å². The second kappa shape index (κ2) is 5.97. The number of benzene rings is 1. The standard InChI is InChI=1S/C18H23BrN2O/c19-15-3-1-2-12(8-15)16-9-17(16)18(22)21-6-4-13-10-20-11-14(13)5-7-21/h1-3,8,13-14,16-17,20H,4-7,9-11H2/t13-,14+,16?,17?. The summed E-state index contributed by atoms with van der Waals surface area (Å²) in [4.78, 5) is 15.0. The molecule has 2 saturated heterocycles. The van der Waals surface area contributed by atoms with Gasteiger partial charge in [0, 0.05) is 23.5 Å². The van der Waals surface area contributed by atoms with Gasteiger partial charge in [0.15, 0.2) is 0 Å². The molecule has 22 heavy (non-hydrogen) atoms. The van der Waals surface area contributed by atoms with E-state index in [1.807, 2.05) is 6.07 Å². The number of likely N-dealkylation sites (tertiary alicyclic amines) is 1. The van der Waals surface area contributed by atoms with E-state index in [1.165, 1.54) is 18.4 Å². The largest absolute Gasteiger partial charge is 0.342 e. The van der Waals surface area contributed by atoms with E-state index < -0.39 is 0 Å². The fourth-order valence-corrected chi connectivity index (χ4v) is 4.66. The van der Waals surface area contributed by atoms with Gasteiger partial charge in [-0.3, -0.25) is 4.79 Å². The number of hydrogen-bond donors (Lipinski definition) is 1. The van der Waals surface area contributed by atoms with Crippen molar-refractivity contribution in [2.45, 2.75) is 25.2 Å². The number of nitrogens with zero attached hydrogens (tertiary/aromatic N) is 1. The van der Waals surface area contributed by atoms with Gasteiger partial charge in [0.2, 0.25) is 5.91 Å². The van der Waals surface area contributed by atoms with E-state index in [4.69, 9.17) is 0 Å². The van der Waals surface area contributed by atoms with E-state index in [0.29, 0.717) is 11.8 Å². The number of amides is 1. The van der Waals surface area contributed by atoms with Crippen LogP contribution in [0.15, 0.2) is 28.7 Å². The molecule has 1 saturated carbocycles. The van der Waals surface area contributed by atoms with Crippen molar-refractivity contribution in [1.82, 2.24) is 10.2 Å². The normalized spacial score (nSPS) is 34.1. The lowest BCUT2D eigenvalue weighted by Crippen LogP contribution is -2.34. The Balaban J connectivity index is 1.39. The van der Waals surface area contributed by atoms with Crippen molar-refractivity contribution in [3.05, 3.63) is 34.3 Å². The van der Waals surface area contributed by atoms with Crippen LogP contribution in [0.2, 0.25) is 0 Å². The van der Waals surface area contributed by atoms with Gasteiger partial charge in [-0.05, 0) is 67.8 Å². The van der Waals surface area contributed by atoms with Crippen molar-refractivity contribution >= 4 is 21.8 Å². The Morgan fingerprint density at radius 1 is 1.18 bits per heavy atom. The zero-order valence-electron chi connectivity index (χ0n) is 12.8. The van der Waals surface area contributed by atoms with E-state index in [1.54, 1.807) is 0 Å². The summed E-state index contributed by atoms with van der Waals surface area (Å²) in [6.45, 7) is 4.22. The molecule has 2 unspecified atom stereocenters. The molecule has 118 valence electrons. The van der Waals surface area contributed by atoms with Crippen LogP contribution < -0.4 is 5.32 Å². The van der Waals surface area contributed by atoms with Crippen LogP contribution >= 0.6 is 15.9 Å². The van der Waals surface area contributed by atoms with E-state index in [0.717, 1.165) is 48.9 Å². The number of carbonyl (C=O) groups excluding carboxylic acids is 1. The van der Waals surface area contributed by atoms with Crippen LogP contribution in [0, 0.1) is 17.8 Å². The van der Waals surface area contributed by atoms with Crippen molar-refractivity contribution in [1.29, 1.82) is 0 Å². The average Bonchev–Trinajstić information content (AvgIpc) is 3.25. The zero-order valence-corrected chi connectivity index (χ0v) is 14.4. The lowest BCUT2D eigenvalue weighted by atomic mass is 9.92. The monoisotopic (exact) mass is 362 g/mol. The number of fused-ring (bicyclic) bond motifs is 1. The highest BCUT2D eigenvalue weighted by atomic mass is 79.9. The van der Waals surface area contributed by atoms with Gasteiger partial charge in [-0.1, -0.05) is 28.1 Å². The molecule has 4 atom stereocenters. The summed E-state index contributed by atoms with van der Waals surface area (Å²) in [5.74, 6) is 2.65. The van der Waals surface area contributed by atoms with Gasteiger partial charge in [-0.2, -0.15) is 0 Å². The smallest absolute Gasteiger partial charge is 0.226 e. The molecular weight excluding hydrogens is 340 g/mol. The van der Waals surface area contributed by atoms with E-state index in [-0.39, 0.29) is 5.92 Å². The minimum Gasteiger partial charge on any atom is -0.342 e. The number of rotatable bonds is 2. The Morgan fingerprint density at radius 2 is 1.91 bits per heavy atom. The van der Waals surface area contributed by atoms with Crippen LogP contribution in [-0.2, 0) is 4.79 Å². The second-order valence-corrected chi connectivity index (χ2v) is 8.00. The third-order valence-corrected chi connectivity index (χ3v) is 6.21. The number of hydrogen-bond acceptors (Lipinski definition) is 2. The summed E-state index contributed by atoms with van der Waals surface area (Å²) in [6.07, 6.45) is 3.38. The number of carbonyl (C=O) groups is 1. The minimum atomic E-state index is 0.227. The summed E-state index contributed by atoms with van der Waals surface area (Å²) >= 11 is 3.53. The Morgan fingerprint density at radius 3 is 2.59 bits per heavy atom. The van der Waals surface area contributed by atoms with Gasteiger partial charge in [0.05, 0.1) is 0 Å². The predicted molar refractivity (Wildman–Crippen MR) is 90.7 cm³/mol. The van der Waals surface area contributed by atoms with Crippen molar-refractivity contribution in [3.8, 4) is 0 Å². The van der Waals surface area contributed by atoms with Gasteiger partial charge < -0.3 is 10.2 Å². The maximum absolute atomic E-state index is 12.8. The van der Waals surface area contributed by atoms with E-state index in [2.05, 4.69) is 44.3 Å². The molecule has 4 rings (SSSR count). The molecule has 1 N–H and O–H groups in total. The molecular formula is C18H23BrN2O. The van der Waals surface area contributed by atoms with E-state index in [9.17, 15) is 4.79 Å². The first-order valence-corrected chi connectivity index (χ1v) is 9.26. The van der Waals surface area contributed by atoms with Crippen molar-refractivity contribution < 1.29 is 4.79 Å². The second-order valence-electron chi connectivity index (χ2n) is 7.08. The summed E-state index contributed by atoms with van der Waals surface area (Å²) in [6, 6.07) is 8.43. The third kappa shape index (κ3) is 2.83. The molecule has 4 heteroatoms. The molecule has 1 aromatic carbocycles. The third-order valence-electron chi connectivity index (χ3n) is 5.72. The molecule has 2 heterocycles. The highest BCUT2D eigenvalue weighted by molar-refractivity contribution is 9.10. The van der Waals surface area contributed by atoms with Crippen LogP contribution in [-0.4, -0.2) is 37.0 Å². The molecule has 0 bridgehead atoms. The quantitative estimate of drug-likeness (QED) is 0.876. The molecule has 1 aromatic rings. The molecule has 3 aliphatic rings. The van der Waals surface area contributed by atoms with Crippen LogP contribution in [0.4, 0.5) is 0 Å². The summed E-state index contributed by atoms with van der Waals surface area (Å²) in [5, 5.41) is 3.50. The fraction of sp³-hybridized carbons (Fsp3) is 0.611.